The third kappa shape index (κ3) is 26.9. The van der Waals surface area contributed by atoms with Crippen LogP contribution < -0.4 is 11.1 Å². The number of aliphatic hydroxyl groups is 3. The number of hydrogen-bond donors (Lipinski definition) is 5. The van der Waals surface area contributed by atoms with Crippen LogP contribution in [-0.4, -0.2) is 236 Å². The molecule has 0 aromatic heterocycles. The fourth-order valence-corrected chi connectivity index (χ4v) is 11.7. The minimum Gasteiger partial charge on any atom is -0.459 e. The number of hydrogen-bond acceptors (Lipinski definition) is 22. The Bertz CT molecular complexity index is 2280. The summed E-state index contributed by atoms with van der Waals surface area (Å²) in [5.41, 5.74) is 8.00. The summed E-state index contributed by atoms with van der Waals surface area (Å²) >= 11 is 0. The van der Waals surface area contributed by atoms with Gasteiger partial charge in [0.25, 0.3) is 11.7 Å². The normalized spacial score (nSPS) is 32.4. The number of nitrogens with zero attached hydrogens (tertiary/aromatic N) is 1. The summed E-state index contributed by atoms with van der Waals surface area (Å²) in [4.78, 5) is 85.2. The number of carbonyl (C=O) groups excluding carboxylic acids is 6. The number of aliphatic hydroxyl groups excluding tert-OH is 2. The van der Waals surface area contributed by atoms with Crippen molar-refractivity contribution in [3.63, 3.8) is 0 Å². The molecule has 3 fully saturated rings. The fourth-order valence-electron chi connectivity index (χ4n) is 11.7. The number of nitrogens with two attached hydrogens (primary N) is 1. The predicted molar refractivity (Wildman–Crippen MR) is 333 cm³/mol. The van der Waals surface area contributed by atoms with E-state index in [1.54, 1.807) is 27.9 Å². The lowest BCUT2D eigenvalue weighted by molar-refractivity contribution is -0.265. The highest BCUT2D eigenvalue weighted by Crippen LogP contribution is 2.37. The lowest BCUT2D eigenvalue weighted by atomic mass is 9.80. The van der Waals surface area contributed by atoms with Gasteiger partial charge < -0.3 is 88.1 Å². The molecular formula is C66H109N3O21. The maximum Gasteiger partial charge on any atom is 0.407 e. The first kappa shape index (κ1) is 78.1. The second kappa shape index (κ2) is 42.8. The summed E-state index contributed by atoms with van der Waals surface area (Å²) in [5, 5.41) is 37.1. The highest BCUT2D eigenvalue weighted by atomic mass is 16.6. The van der Waals surface area contributed by atoms with Gasteiger partial charge in [0.15, 0.2) is 5.78 Å². The number of amides is 2. The quantitative estimate of drug-likeness (QED) is 0.0295. The number of piperidine rings is 1. The molecule has 90 heavy (non-hydrogen) atoms. The Morgan fingerprint density at radius 1 is 0.722 bits per heavy atom. The number of allylic oxidation sites excluding steroid dienone is 6. The number of carbonyl (C=O) groups is 6. The van der Waals surface area contributed by atoms with E-state index in [4.69, 9.17) is 62.6 Å². The largest absolute Gasteiger partial charge is 0.459 e. The molecule has 24 heteroatoms. The zero-order chi connectivity index (χ0) is 66.0. The lowest BCUT2D eigenvalue weighted by Crippen LogP contribution is -2.61. The Labute approximate surface area is 533 Å². The van der Waals surface area contributed by atoms with E-state index in [9.17, 15) is 44.1 Å². The Hall–Kier alpha value is -4.38. The molecule has 3 aliphatic heterocycles. The molecule has 0 radical (unpaired) electrons. The van der Waals surface area contributed by atoms with Crippen LogP contribution in [-0.2, 0) is 80.8 Å². The Balaban J connectivity index is 1.37. The van der Waals surface area contributed by atoms with E-state index in [0.29, 0.717) is 137 Å². The van der Waals surface area contributed by atoms with Crippen LogP contribution in [0.3, 0.4) is 0 Å². The van der Waals surface area contributed by atoms with Crippen molar-refractivity contribution in [2.45, 2.75) is 186 Å². The molecule has 15 atom stereocenters. The third-order valence-electron chi connectivity index (χ3n) is 17.2. The number of fused-ring (bicyclic) bond motifs is 3. The molecule has 0 aromatic carbocycles. The number of esters is 1. The zero-order valence-corrected chi connectivity index (χ0v) is 55.1. The van der Waals surface area contributed by atoms with Gasteiger partial charge in [0, 0.05) is 70.6 Å². The van der Waals surface area contributed by atoms with E-state index >= 15 is 0 Å². The lowest BCUT2D eigenvalue weighted by Gasteiger charge is -2.42. The molecule has 0 spiro atoms. The van der Waals surface area contributed by atoms with Crippen molar-refractivity contribution in [2.75, 3.05) is 120 Å². The van der Waals surface area contributed by atoms with Crippen LogP contribution in [0.2, 0.25) is 0 Å². The van der Waals surface area contributed by atoms with Crippen LogP contribution in [0.1, 0.15) is 126 Å². The summed E-state index contributed by atoms with van der Waals surface area (Å²) < 4.78 is 68.1. The van der Waals surface area contributed by atoms with Gasteiger partial charge in [-0.15, -0.1) is 0 Å². The molecule has 2 bridgehead atoms. The predicted octanol–water partition coefficient (Wildman–Crippen LogP) is 5.09. The molecule has 1 saturated carbocycles. The summed E-state index contributed by atoms with van der Waals surface area (Å²) in [5.74, 6) is -9.18. The average Bonchev–Trinajstić information content (AvgIpc) is 0.874. The molecule has 0 aromatic rings. The summed E-state index contributed by atoms with van der Waals surface area (Å²) in [6.45, 7) is 18.6. The van der Waals surface area contributed by atoms with Gasteiger partial charge in [0.05, 0.1) is 104 Å². The number of Topliss-reactive ketones (excluding diaryl/α,β-unsaturated/α-hetero) is 3. The number of ether oxygens (including phenoxy) is 12. The van der Waals surface area contributed by atoms with Crippen molar-refractivity contribution in [1.29, 1.82) is 0 Å². The minimum absolute atomic E-state index is 0.00842. The monoisotopic (exact) mass is 1280 g/mol. The van der Waals surface area contributed by atoms with Crippen LogP contribution in [0, 0.1) is 29.6 Å². The molecule has 3 heterocycles. The molecule has 1 aliphatic carbocycles. The van der Waals surface area contributed by atoms with Crippen molar-refractivity contribution >= 4 is 35.3 Å². The van der Waals surface area contributed by atoms with Gasteiger partial charge in [-0.05, 0) is 108 Å². The number of alkyl carbamates (subject to hydrolysis) is 1. The minimum atomic E-state index is -2.50. The van der Waals surface area contributed by atoms with Gasteiger partial charge in [0.1, 0.15) is 36.2 Å². The van der Waals surface area contributed by atoms with Gasteiger partial charge >= 0.3 is 12.1 Å². The van der Waals surface area contributed by atoms with E-state index in [2.05, 4.69) is 5.32 Å². The van der Waals surface area contributed by atoms with Crippen molar-refractivity contribution < 1.29 is 101 Å². The first-order valence-electron chi connectivity index (χ1n) is 32.5. The van der Waals surface area contributed by atoms with E-state index in [0.717, 1.165) is 10.5 Å². The second-order valence-electron chi connectivity index (χ2n) is 24.2. The number of nitrogens with one attached hydrogen (secondary N) is 1. The average molecular weight is 1280 g/mol. The second-order valence-corrected chi connectivity index (χ2v) is 24.2. The Kier molecular flexibility index (Phi) is 37.1. The van der Waals surface area contributed by atoms with E-state index in [1.807, 2.05) is 51.2 Å². The highest BCUT2D eigenvalue weighted by molar-refractivity contribution is 6.39. The molecule has 24 nitrogen and oxygen atoms in total. The van der Waals surface area contributed by atoms with Gasteiger partial charge in [-0.3, -0.25) is 19.2 Å². The van der Waals surface area contributed by atoms with Crippen LogP contribution in [0.4, 0.5) is 4.79 Å². The van der Waals surface area contributed by atoms with E-state index in [-0.39, 0.29) is 56.4 Å². The molecule has 2 amide bonds. The number of cyclic esters (lactones) is 1. The van der Waals surface area contributed by atoms with Gasteiger partial charge in [-0.2, -0.15) is 0 Å². The number of methoxy groups -OCH3 is 2. The van der Waals surface area contributed by atoms with Gasteiger partial charge in [-0.1, -0.05) is 64.2 Å². The number of ketones is 3. The maximum absolute atomic E-state index is 14.6. The molecule has 4 rings (SSSR count). The first-order chi connectivity index (χ1) is 43.1. The Morgan fingerprint density at radius 3 is 1.93 bits per heavy atom. The van der Waals surface area contributed by atoms with Crippen molar-refractivity contribution in [3.8, 4) is 0 Å². The highest BCUT2D eigenvalue weighted by Gasteiger charge is 2.53. The standard InChI is InChI=1S/C66H109N3O21/c1-10-81-26-27-83-30-31-85-34-35-87-37-36-86-33-32-84-29-28-82-25-23-68-65(77)89-55-22-20-50(41-58(55)80-9)40-52(67)57-43-54(70)46(4)39-48(6)60(72)61(73)59(71)47(5)38-44(2)16-12-11-13-17-45(3)56(79-8)42-51-21-19-49(7)66(78,90-51)62(74)63(75)69-24-15-14-18-53(69)64(76)88-57/h11-13,16-17,39,44,46-47,49-53,55-58,60-61,72-73,78H,10,14-15,18-38,40-43,67H2,1-9H3,(H,68,77)/b13-11+,16-12+,45-17+,48-39+/t44-,46-,47-,49-,50+,51+,52-,53+,55?,56+,57+,58-,60-,61+,66-/m1/s1. The topological polar surface area (TPSA) is 315 Å². The SMILES string of the molecule is CCOCCOCCOCCOCCOCCOCCOCCNC(=O)OC1CC[C@@H](C[C@@H](N)[C@@H]2CC(=O)[C@H](C)/C=C(\C)[C@@H](O)[C@@H](O)C(=O)[C@H](C)C[C@H](C)/C=C/C=C/C=C(\C)[C@@H](OC)C[C@@H]3CC[C@@H](C)[C@@](O)(O3)C(=O)C(=O)N3CCCC[C@H]3C(=O)O2)C[C@H]1OC. The van der Waals surface area contributed by atoms with Crippen LogP contribution in [0.15, 0.2) is 47.6 Å². The fraction of sp³-hybridized carbons (Fsp3) is 0.788. The molecular weight excluding hydrogens is 1170 g/mol. The first-order valence-corrected chi connectivity index (χ1v) is 32.5. The summed E-state index contributed by atoms with van der Waals surface area (Å²) in [7, 11) is 3.07. The van der Waals surface area contributed by atoms with Crippen LogP contribution >= 0.6 is 0 Å². The van der Waals surface area contributed by atoms with E-state index in [1.165, 1.54) is 20.1 Å². The number of rotatable bonds is 28. The summed E-state index contributed by atoms with van der Waals surface area (Å²) in [6.07, 6.45) is 7.06. The molecule has 6 N–H and O–H groups in total. The van der Waals surface area contributed by atoms with Crippen molar-refractivity contribution in [2.24, 2.45) is 35.3 Å². The van der Waals surface area contributed by atoms with Gasteiger partial charge in [0.2, 0.25) is 5.79 Å². The summed E-state index contributed by atoms with van der Waals surface area (Å²) in [6, 6.07) is -2.22. The van der Waals surface area contributed by atoms with Crippen molar-refractivity contribution in [3.05, 3.63) is 47.6 Å². The van der Waals surface area contributed by atoms with Crippen LogP contribution in [0.5, 0.6) is 0 Å². The molecule has 1 unspecified atom stereocenters. The van der Waals surface area contributed by atoms with E-state index < -0.39 is 120 Å². The Morgan fingerprint density at radius 2 is 1.33 bits per heavy atom. The molecule has 514 valence electrons. The van der Waals surface area contributed by atoms with Crippen molar-refractivity contribution in [1.82, 2.24) is 10.2 Å². The molecule has 2 saturated heterocycles. The maximum atomic E-state index is 14.6. The smallest absolute Gasteiger partial charge is 0.407 e. The third-order valence-corrected chi connectivity index (χ3v) is 17.2. The molecule has 4 aliphatic rings. The zero-order valence-electron chi connectivity index (χ0n) is 55.1. The van der Waals surface area contributed by atoms with Crippen LogP contribution in [0.25, 0.3) is 0 Å². The van der Waals surface area contributed by atoms with Gasteiger partial charge in [-0.25, -0.2) is 9.59 Å².